The average molecular weight is 370 g/mol. The van der Waals surface area contributed by atoms with Crippen LogP contribution in [0.3, 0.4) is 0 Å². The Balaban J connectivity index is 1.79. The molecule has 0 aliphatic carbocycles. The van der Waals surface area contributed by atoms with Crippen molar-refractivity contribution < 1.29 is 9.47 Å². The molecule has 6 heteroatoms. The van der Waals surface area contributed by atoms with Gasteiger partial charge in [0.05, 0.1) is 14.2 Å². The third-order valence-corrected chi connectivity index (χ3v) is 4.89. The van der Waals surface area contributed by atoms with Crippen molar-refractivity contribution in [3.8, 4) is 11.5 Å². The van der Waals surface area contributed by atoms with Crippen LogP contribution in [0.15, 0.2) is 18.2 Å². The van der Waals surface area contributed by atoms with Gasteiger partial charge in [-0.05, 0) is 48.9 Å². The summed E-state index contributed by atoms with van der Waals surface area (Å²) in [5.41, 5.74) is 2.56. The number of fused-ring (bicyclic) bond motifs is 1. The van der Waals surface area contributed by atoms with Crippen molar-refractivity contribution in [1.29, 1.82) is 0 Å². The number of aryl methyl sites for hydroxylation is 1. The molecular formula is C21H30N4O2. The molecule has 0 amide bonds. The molecule has 2 heterocycles. The van der Waals surface area contributed by atoms with Crippen molar-refractivity contribution in [1.82, 2.24) is 9.97 Å². The van der Waals surface area contributed by atoms with Crippen LogP contribution in [0.25, 0.3) is 0 Å². The number of nitrogens with zero attached hydrogens (tertiary/aromatic N) is 3. The van der Waals surface area contributed by atoms with E-state index in [4.69, 9.17) is 9.47 Å². The predicted molar refractivity (Wildman–Crippen MR) is 109 cm³/mol. The summed E-state index contributed by atoms with van der Waals surface area (Å²) >= 11 is 0. The fraction of sp³-hybridized carbons (Fsp3) is 0.524. The Morgan fingerprint density at radius 2 is 1.78 bits per heavy atom. The normalized spacial score (nSPS) is 13.5. The number of methoxy groups -OCH3 is 2. The number of aromatic nitrogens is 2. The summed E-state index contributed by atoms with van der Waals surface area (Å²) in [6.45, 7) is 9.05. The van der Waals surface area contributed by atoms with Gasteiger partial charge in [-0.25, -0.2) is 9.97 Å². The molecule has 0 fully saturated rings. The molecule has 0 bridgehead atoms. The van der Waals surface area contributed by atoms with Gasteiger partial charge in [-0.1, -0.05) is 13.8 Å². The predicted octanol–water partition coefficient (Wildman–Crippen LogP) is 3.82. The Bertz CT molecular complexity index is 792. The second kappa shape index (κ2) is 8.46. The molecule has 0 radical (unpaired) electrons. The Hall–Kier alpha value is -2.50. The number of anilines is 2. The van der Waals surface area contributed by atoms with E-state index in [2.05, 4.69) is 52.2 Å². The molecule has 2 aromatic rings. The van der Waals surface area contributed by atoms with Gasteiger partial charge in [0, 0.05) is 25.7 Å². The molecule has 3 rings (SSSR count). The zero-order valence-corrected chi connectivity index (χ0v) is 17.0. The van der Waals surface area contributed by atoms with Crippen LogP contribution in [0, 0.1) is 12.8 Å². The molecule has 0 spiro atoms. The third kappa shape index (κ3) is 4.62. The first-order chi connectivity index (χ1) is 13.0. The second-order valence-electron chi connectivity index (χ2n) is 7.42. The molecule has 0 unspecified atom stereocenters. The molecule has 1 aliphatic rings. The Morgan fingerprint density at radius 3 is 2.44 bits per heavy atom. The maximum Gasteiger partial charge on any atom is 0.161 e. The summed E-state index contributed by atoms with van der Waals surface area (Å²) < 4.78 is 10.9. The van der Waals surface area contributed by atoms with E-state index in [9.17, 15) is 0 Å². The number of hydrogen-bond acceptors (Lipinski definition) is 6. The lowest BCUT2D eigenvalue weighted by Crippen LogP contribution is -2.31. The van der Waals surface area contributed by atoms with Crippen LogP contribution in [-0.2, 0) is 13.0 Å². The third-order valence-electron chi connectivity index (χ3n) is 4.89. The van der Waals surface area contributed by atoms with Crippen molar-refractivity contribution in [3.63, 3.8) is 0 Å². The summed E-state index contributed by atoms with van der Waals surface area (Å²) in [6, 6.07) is 6.23. The van der Waals surface area contributed by atoms with E-state index < -0.39 is 0 Å². The van der Waals surface area contributed by atoms with E-state index in [0.717, 1.165) is 61.4 Å². The molecule has 6 nitrogen and oxygen atoms in total. The summed E-state index contributed by atoms with van der Waals surface area (Å²) in [5.74, 6) is 4.89. The van der Waals surface area contributed by atoms with Gasteiger partial charge in [0.1, 0.15) is 17.5 Å². The molecule has 1 N–H and O–H groups in total. The monoisotopic (exact) mass is 370 g/mol. The van der Waals surface area contributed by atoms with E-state index in [1.807, 2.05) is 6.92 Å². The van der Waals surface area contributed by atoms with Gasteiger partial charge in [0.15, 0.2) is 11.5 Å². The quantitative estimate of drug-likeness (QED) is 0.799. The van der Waals surface area contributed by atoms with E-state index in [0.29, 0.717) is 5.92 Å². The van der Waals surface area contributed by atoms with E-state index in [1.165, 1.54) is 11.1 Å². The van der Waals surface area contributed by atoms with Crippen LogP contribution in [0.2, 0.25) is 0 Å². The lowest BCUT2D eigenvalue weighted by Gasteiger charge is -2.30. The van der Waals surface area contributed by atoms with Gasteiger partial charge in [0.2, 0.25) is 0 Å². The second-order valence-corrected chi connectivity index (χ2v) is 7.42. The van der Waals surface area contributed by atoms with Crippen LogP contribution >= 0.6 is 0 Å². The van der Waals surface area contributed by atoms with Crippen LogP contribution < -0.4 is 19.7 Å². The van der Waals surface area contributed by atoms with Crippen molar-refractivity contribution in [2.45, 2.75) is 40.2 Å². The van der Waals surface area contributed by atoms with Crippen molar-refractivity contribution in [3.05, 3.63) is 35.2 Å². The van der Waals surface area contributed by atoms with Crippen LogP contribution in [0.5, 0.6) is 11.5 Å². The number of nitrogens with one attached hydrogen (secondary N) is 1. The Morgan fingerprint density at radius 1 is 1.07 bits per heavy atom. The average Bonchev–Trinajstić information content (AvgIpc) is 2.65. The van der Waals surface area contributed by atoms with Crippen LogP contribution in [0.4, 0.5) is 11.6 Å². The standard InChI is InChI=1S/C21H30N4O2/c1-14(2)6-8-22-20-12-21(24-15(3)23-20)25-9-7-16-10-18(26-4)19(27-5)11-17(16)13-25/h10-12,14H,6-9,13H2,1-5H3,(H,22,23,24). The molecule has 146 valence electrons. The maximum absolute atomic E-state index is 5.47. The van der Waals surface area contributed by atoms with Gasteiger partial charge in [-0.15, -0.1) is 0 Å². The highest BCUT2D eigenvalue weighted by Crippen LogP contribution is 2.34. The first kappa shape index (κ1) is 19.3. The first-order valence-corrected chi connectivity index (χ1v) is 9.58. The molecule has 0 saturated carbocycles. The largest absolute Gasteiger partial charge is 0.493 e. The van der Waals surface area contributed by atoms with E-state index in [1.54, 1.807) is 14.2 Å². The van der Waals surface area contributed by atoms with Gasteiger partial charge in [-0.3, -0.25) is 0 Å². The first-order valence-electron chi connectivity index (χ1n) is 9.58. The minimum atomic E-state index is 0.672. The number of ether oxygens (including phenoxy) is 2. The molecule has 27 heavy (non-hydrogen) atoms. The van der Waals surface area contributed by atoms with Crippen LogP contribution in [-0.4, -0.2) is 37.3 Å². The fourth-order valence-electron chi connectivity index (χ4n) is 3.37. The molecule has 0 atom stereocenters. The van der Waals surface area contributed by atoms with Crippen molar-refractivity contribution >= 4 is 11.6 Å². The Labute approximate surface area is 161 Å². The molecule has 1 aromatic heterocycles. The highest BCUT2D eigenvalue weighted by atomic mass is 16.5. The summed E-state index contributed by atoms with van der Waals surface area (Å²) in [4.78, 5) is 11.5. The SMILES string of the molecule is COc1cc2c(cc1OC)CN(c1cc(NCCC(C)C)nc(C)n1)CC2. The van der Waals surface area contributed by atoms with Crippen molar-refractivity contribution in [2.75, 3.05) is 37.5 Å². The summed E-state index contributed by atoms with van der Waals surface area (Å²) in [7, 11) is 3.35. The zero-order valence-electron chi connectivity index (χ0n) is 17.0. The smallest absolute Gasteiger partial charge is 0.161 e. The Kier molecular flexibility index (Phi) is 6.04. The lowest BCUT2D eigenvalue weighted by molar-refractivity contribution is 0.353. The minimum Gasteiger partial charge on any atom is -0.493 e. The topological polar surface area (TPSA) is 59.5 Å². The van der Waals surface area contributed by atoms with Gasteiger partial charge in [0.25, 0.3) is 0 Å². The number of benzene rings is 1. The number of rotatable bonds is 7. The van der Waals surface area contributed by atoms with E-state index in [-0.39, 0.29) is 0 Å². The molecule has 1 aromatic carbocycles. The highest BCUT2D eigenvalue weighted by molar-refractivity contribution is 5.54. The number of hydrogen-bond donors (Lipinski definition) is 1. The molecular weight excluding hydrogens is 340 g/mol. The van der Waals surface area contributed by atoms with Gasteiger partial charge < -0.3 is 19.7 Å². The van der Waals surface area contributed by atoms with Crippen molar-refractivity contribution in [2.24, 2.45) is 5.92 Å². The van der Waals surface area contributed by atoms with E-state index >= 15 is 0 Å². The van der Waals surface area contributed by atoms with Gasteiger partial charge in [-0.2, -0.15) is 0 Å². The van der Waals surface area contributed by atoms with Crippen LogP contribution in [0.1, 0.15) is 37.2 Å². The summed E-state index contributed by atoms with van der Waals surface area (Å²) in [5, 5.41) is 3.43. The zero-order chi connectivity index (χ0) is 19.4. The lowest BCUT2D eigenvalue weighted by atomic mass is 9.99. The maximum atomic E-state index is 5.47. The fourth-order valence-corrected chi connectivity index (χ4v) is 3.37. The molecule has 1 aliphatic heterocycles. The summed E-state index contributed by atoms with van der Waals surface area (Å²) in [6.07, 6.45) is 2.08. The highest BCUT2D eigenvalue weighted by Gasteiger charge is 2.21. The molecule has 0 saturated heterocycles. The van der Waals surface area contributed by atoms with Gasteiger partial charge >= 0.3 is 0 Å². The minimum absolute atomic E-state index is 0.672.